The molecular formula is C18H14ClF3N4O3. The third-order valence-corrected chi connectivity index (χ3v) is 4.05. The highest BCUT2D eigenvalue weighted by atomic mass is 35.5. The fraction of sp³-hybridized carbons (Fsp3) is 0.167. The molecule has 3 rings (SSSR count). The number of nitrogens with zero attached hydrogens (tertiary/aromatic N) is 2. The summed E-state index contributed by atoms with van der Waals surface area (Å²) in [6.07, 6.45) is -2.63. The first-order valence-electron chi connectivity index (χ1n) is 8.24. The Labute approximate surface area is 167 Å². The number of hydrogen-bond acceptors (Lipinski definition) is 4. The molecule has 7 nitrogen and oxygen atoms in total. The summed E-state index contributed by atoms with van der Waals surface area (Å²) in [5.74, 6) is -1.17. The summed E-state index contributed by atoms with van der Waals surface area (Å²) in [7, 11) is 0. The maximum absolute atomic E-state index is 13.6. The molecule has 1 aromatic carbocycles. The summed E-state index contributed by atoms with van der Waals surface area (Å²) in [5.41, 5.74) is -1.88. The van der Waals surface area contributed by atoms with Crippen LogP contribution in [0.2, 0.25) is 5.02 Å². The van der Waals surface area contributed by atoms with E-state index in [1.165, 1.54) is 30.5 Å². The zero-order valence-corrected chi connectivity index (χ0v) is 15.4. The van der Waals surface area contributed by atoms with Crippen molar-refractivity contribution in [1.29, 1.82) is 0 Å². The first-order valence-corrected chi connectivity index (χ1v) is 8.62. The Morgan fingerprint density at radius 1 is 1.14 bits per heavy atom. The number of carbonyl (C=O) groups is 2. The monoisotopic (exact) mass is 426 g/mol. The van der Waals surface area contributed by atoms with Gasteiger partial charge >= 0.3 is 6.18 Å². The van der Waals surface area contributed by atoms with Crippen molar-refractivity contribution in [3.63, 3.8) is 0 Å². The Morgan fingerprint density at radius 3 is 2.48 bits per heavy atom. The molecule has 0 radical (unpaired) electrons. The second-order valence-electron chi connectivity index (χ2n) is 5.83. The number of halogens is 4. The largest absolute Gasteiger partial charge is 0.467 e. The topological polar surface area (TPSA) is 89.2 Å². The highest BCUT2D eigenvalue weighted by Gasteiger charge is 2.40. The Kier molecular flexibility index (Phi) is 5.92. The maximum atomic E-state index is 13.6. The number of aromatic nitrogens is 2. The van der Waals surface area contributed by atoms with Crippen LogP contribution in [-0.4, -0.2) is 28.1 Å². The molecule has 2 aromatic heterocycles. The van der Waals surface area contributed by atoms with Gasteiger partial charge in [0.25, 0.3) is 5.91 Å². The molecule has 152 valence electrons. The van der Waals surface area contributed by atoms with Gasteiger partial charge in [0.15, 0.2) is 5.69 Å². The smallest absolute Gasteiger partial charge is 0.434 e. The van der Waals surface area contributed by atoms with Crippen molar-refractivity contribution in [1.82, 2.24) is 20.4 Å². The summed E-state index contributed by atoms with van der Waals surface area (Å²) < 4.78 is 46.4. The van der Waals surface area contributed by atoms with E-state index >= 15 is 0 Å². The minimum Gasteiger partial charge on any atom is -0.467 e. The maximum Gasteiger partial charge on any atom is 0.434 e. The molecule has 2 N–H and O–H groups in total. The molecule has 2 heterocycles. The average molecular weight is 427 g/mol. The molecule has 2 amide bonds. The van der Waals surface area contributed by atoms with E-state index in [0.717, 1.165) is 6.20 Å². The number of carbonyl (C=O) groups excluding carboxylic acids is 2. The Balaban J connectivity index is 1.73. The van der Waals surface area contributed by atoms with Gasteiger partial charge in [-0.05, 0) is 36.4 Å². The molecule has 0 saturated heterocycles. The molecule has 0 unspecified atom stereocenters. The van der Waals surface area contributed by atoms with E-state index in [9.17, 15) is 22.8 Å². The van der Waals surface area contributed by atoms with Crippen molar-refractivity contribution in [2.75, 3.05) is 6.54 Å². The van der Waals surface area contributed by atoms with Crippen LogP contribution in [0.3, 0.4) is 0 Å². The van der Waals surface area contributed by atoms with E-state index in [4.69, 9.17) is 16.0 Å². The number of amides is 2. The number of furan rings is 1. The Bertz CT molecular complexity index is 999. The lowest BCUT2D eigenvalue weighted by Gasteiger charge is -2.13. The van der Waals surface area contributed by atoms with Crippen molar-refractivity contribution in [3.05, 3.63) is 70.9 Å². The molecule has 11 heteroatoms. The lowest BCUT2D eigenvalue weighted by molar-refractivity contribution is -0.143. The minimum absolute atomic E-state index is 0.0805. The quantitative estimate of drug-likeness (QED) is 0.633. The van der Waals surface area contributed by atoms with Gasteiger partial charge < -0.3 is 15.1 Å². The summed E-state index contributed by atoms with van der Waals surface area (Å²) in [4.78, 5) is 24.1. The van der Waals surface area contributed by atoms with Crippen LogP contribution >= 0.6 is 11.6 Å². The summed E-state index contributed by atoms with van der Waals surface area (Å²) in [6, 6.07) is 8.77. The van der Waals surface area contributed by atoms with Crippen molar-refractivity contribution in [2.45, 2.75) is 12.7 Å². The van der Waals surface area contributed by atoms with Crippen LogP contribution in [-0.2, 0) is 17.5 Å². The zero-order valence-electron chi connectivity index (χ0n) is 14.7. The first-order chi connectivity index (χ1) is 13.8. The van der Waals surface area contributed by atoms with Gasteiger partial charge in [0, 0.05) is 5.02 Å². The normalized spacial score (nSPS) is 11.3. The number of hydrogen-bond donors (Lipinski definition) is 2. The summed E-state index contributed by atoms with van der Waals surface area (Å²) >= 11 is 5.75. The van der Waals surface area contributed by atoms with E-state index in [0.29, 0.717) is 15.5 Å². The molecule has 0 aliphatic heterocycles. The minimum atomic E-state index is -4.86. The zero-order chi connectivity index (χ0) is 21.0. The molecule has 0 aliphatic carbocycles. The van der Waals surface area contributed by atoms with Crippen LogP contribution in [0, 0.1) is 0 Å². The number of rotatable bonds is 6. The van der Waals surface area contributed by atoms with Gasteiger partial charge in [-0.25, -0.2) is 4.68 Å². The molecule has 0 bridgehead atoms. The number of nitrogens with one attached hydrogen (secondary N) is 2. The lowest BCUT2D eigenvalue weighted by atomic mass is 10.2. The predicted octanol–water partition coefficient (Wildman–Crippen LogP) is 3.18. The van der Waals surface area contributed by atoms with Crippen LogP contribution in [0.5, 0.6) is 0 Å². The second-order valence-corrected chi connectivity index (χ2v) is 6.27. The average Bonchev–Trinajstić information content (AvgIpc) is 3.34. The summed E-state index contributed by atoms with van der Waals surface area (Å²) in [6.45, 7) is -0.424. The molecule has 29 heavy (non-hydrogen) atoms. The molecule has 0 fully saturated rings. The molecule has 0 aliphatic rings. The fourth-order valence-corrected chi connectivity index (χ4v) is 2.61. The van der Waals surface area contributed by atoms with Gasteiger partial charge in [0.1, 0.15) is 5.76 Å². The Morgan fingerprint density at radius 2 is 1.86 bits per heavy atom. The van der Waals surface area contributed by atoms with Crippen LogP contribution in [0.1, 0.15) is 21.8 Å². The van der Waals surface area contributed by atoms with Gasteiger partial charge in [-0.3, -0.25) is 9.59 Å². The van der Waals surface area contributed by atoms with Crippen LogP contribution in [0.15, 0.2) is 53.3 Å². The van der Waals surface area contributed by atoms with Crippen molar-refractivity contribution >= 4 is 23.4 Å². The molecular weight excluding hydrogens is 413 g/mol. The van der Waals surface area contributed by atoms with E-state index in [1.54, 1.807) is 12.1 Å². The van der Waals surface area contributed by atoms with Gasteiger partial charge in [0.05, 0.1) is 36.8 Å². The second kappa shape index (κ2) is 8.39. The SMILES string of the molecule is O=C(CNC(=O)c1cnn(-c2ccc(Cl)cc2)c1C(F)(F)F)NCc1ccco1. The van der Waals surface area contributed by atoms with Crippen LogP contribution in [0.4, 0.5) is 13.2 Å². The molecule has 0 atom stereocenters. The highest BCUT2D eigenvalue weighted by Crippen LogP contribution is 2.33. The molecule has 0 spiro atoms. The van der Waals surface area contributed by atoms with E-state index < -0.39 is 35.8 Å². The van der Waals surface area contributed by atoms with Gasteiger partial charge in [0.2, 0.25) is 5.91 Å². The van der Waals surface area contributed by atoms with Gasteiger partial charge in [-0.2, -0.15) is 18.3 Å². The molecule has 3 aromatic rings. The Hall–Kier alpha value is -3.27. The number of benzene rings is 1. The van der Waals surface area contributed by atoms with Crippen molar-refractivity contribution in [2.24, 2.45) is 0 Å². The van der Waals surface area contributed by atoms with E-state index in [1.807, 2.05) is 0 Å². The van der Waals surface area contributed by atoms with Gasteiger partial charge in [-0.1, -0.05) is 11.6 Å². The van der Waals surface area contributed by atoms with Crippen LogP contribution < -0.4 is 10.6 Å². The van der Waals surface area contributed by atoms with E-state index in [-0.39, 0.29) is 12.2 Å². The van der Waals surface area contributed by atoms with Crippen molar-refractivity contribution in [3.8, 4) is 5.69 Å². The molecule has 0 saturated carbocycles. The third kappa shape index (κ3) is 4.96. The van der Waals surface area contributed by atoms with Crippen LogP contribution in [0.25, 0.3) is 5.69 Å². The standard InChI is InChI=1S/C18H14ClF3N4O3/c19-11-3-5-12(6-4-11)26-16(18(20,21)22)14(9-25-26)17(28)24-10-15(27)23-8-13-2-1-7-29-13/h1-7,9H,8,10H2,(H,23,27)(H,24,28). The lowest BCUT2D eigenvalue weighted by Crippen LogP contribution is -2.37. The first kappa shape index (κ1) is 20.5. The number of alkyl halides is 3. The third-order valence-electron chi connectivity index (χ3n) is 3.80. The highest BCUT2D eigenvalue weighted by molar-refractivity contribution is 6.30. The fourth-order valence-electron chi connectivity index (χ4n) is 2.48. The van der Waals surface area contributed by atoms with E-state index in [2.05, 4.69) is 15.7 Å². The summed E-state index contributed by atoms with van der Waals surface area (Å²) in [5, 5.41) is 8.65. The predicted molar refractivity (Wildman–Crippen MR) is 96.5 cm³/mol. The van der Waals surface area contributed by atoms with Gasteiger partial charge in [-0.15, -0.1) is 0 Å². The van der Waals surface area contributed by atoms with Crippen molar-refractivity contribution < 1.29 is 27.2 Å².